The molecular formula is C23H22F2N2O3S. The van der Waals surface area contributed by atoms with Crippen molar-refractivity contribution in [1.82, 2.24) is 10.0 Å². The lowest BCUT2D eigenvalue weighted by Gasteiger charge is -2.22. The Labute approximate surface area is 180 Å². The first-order chi connectivity index (χ1) is 14.7. The van der Waals surface area contributed by atoms with Gasteiger partial charge in [0, 0.05) is 0 Å². The van der Waals surface area contributed by atoms with Crippen LogP contribution < -0.4 is 10.0 Å². The van der Waals surface area contributed by atoms with Crippen molar-refractivity contribution in [2.75, 3.05) is 0 Å². The molecule has 0 radical (unpaired) electrons. The van der Waals surface area contributed by atoms with Gasteiger partial charge in [-0.05, 0) is 60.9 Å². The van der Waals surface area contributed by atoms with Crippen molar-refractivity contribution in [3.8, 4) is 0 Å². The molecule has 2 N–H and O–H groups in total. The number of halogens is 2. The number of amides is 1. The highest BCUT2D eigenvalue weighted by Gasteiger charge is 2.27. The van der Waals surface area contributed by atoms with Gasteiger partial charge in [-0.2, -0.15) is 4.72 Å². The summed E-state index contributed by atoms with van der Waals surface area (Å²) in [4.78, 5) is 12.8. The minimum atomic E-state index is -4.07. The molecule has 0 heterocycles. The third-order valence-corrected chi connectivity index (χ3v) is 6.24. The van der Waals surface area contributed by atoms with Crippen LogP contribution in [0.15, 0.2) is 83.8 Å². The minimum absolute atomic E-state index is 0.114. The van der Waals surface area contributed by atoms with E-state index in [9.17, 15) is 22.0 Å². The van der Waals surface area contributed by atoms with Gasteiger partial charge >= 0.3 is 0 Å². The lowest BCUT2D eigenvalue weighted by Crippen LogP contribution is -2.48. The fourth-order valence-electron chi connectivity index (χ4n) is 3.06. The molecule has 2 atom stereocenters. The van der Waals surface area contributed by atoms with Gasteiger partial charge in [-0.15, -0.1) is 0 Å². The minimum Gasteiger partial charge on any atom is -0.348 e. The zero-order valence-corrected chi connectivity index (χ0v) is 17.6. The lowest BCUT2D eigenvalue weighted by molar-refractivity contribution is -0.123. The van der Waals surface area contributed by atoms with Gasteiger partial charge in [0.15, 0.2) is 0 Å². The van der Waals surface area contributed by atoms with Crippen LogP contribution in [0.4, 0.5) is 8.78 Å². The number of carbonyl (C=O) groups is 1. The van der Waals surface area contributed by atoms with Crippen LogP contribution in [0, 0.1) is 11.6 Å². The van der Waals surface area contributed by atoms with Crippen LogP contribution in [0.1, 0.15) is 24.1 Å². The molecule has 0 bridgehead atoms. The van der Waals surface area contributed by atoms with E-state index in [-0.39, 0.29) is 11.3 Å². The predicted molar refractivity (Wildman–Crippen MR) is 114 cm³/mol. The molecule has 0 saturated heterocycles. The largest absolute Gasteiger partial charge is 0.348 e. The van der Waals surface area contributed by atoms with E-state index >= 15 is 0 Å². The Morgan fingerprint density at radius 1 is 0.871 bits per heavy atom. The smallest absolute Gasteiger partial charge is 0.241 e. The molecular weight excluding hydrogens is 422 g/mol. The summed E-state index contributed by atoms with van der Waals surface area (Å²) in [6, 6.07) is 17.4. The van der Waals surface area contributed by atoms with Crippen LogP contribution in [0.3, 0.4) is 0 Å². The van der Waals surface area contributed by atoms with E-state index in [1.165, 1.54) is 12.1 Å². The third kappa shape index (κ3) is 6.19. The van der Waals surface area contributed by atoms with Crippen molar-refractivity contribution >= 4 is 15.9 Å². The molecule has 5 nitrogen and oxygen atoms in total. The quantitative estimate of drug-likeness (QED) is 0.556. The summed E-state index contributed by atoms with van der Waals surface area (Å²) < 4.78 is 54.3. The highest BCUT2D eigenvalue weighted by Crippen LogP contribution is 2.15. The maximum atomic E-state index is 13.2. The molecule has 162 valence electrons. The molecule has 0 aliphatic rings. The number of carbonyl (C=O) groups excluding carboxylic acids is 1. The van der Waals surface area contributed by atoms with Gasteiger partial charge in [0.05, 0.1) is 10.9 Å². The van der Waals surface area contributed by atoms with Gasteiger partial charge in [-0.3, -0.25) is 4.79 Å². The molecule has 0 fully saturated rings. The molecule has 3 aromatic carbocycles. The monoisotopic (exact) mass is 444 g/mol. The number of rotatable bonds is 8. The Balaban J connectivity index is 1.82. The Morgan fingerprint density at radius 3 is 2.00 bits per heavy atom. The van der Waals surface area contributed by atoms with Crippen LogP contribution in [0.5, 0.6) is 0 Å². The van der Waals surface area contributed by atoms with E-state index in [4.69, 9.17) is 0 Å². The summed E-state index contributed by atoms with van der Waals surface area (Å²) in [6.07, 6.45) is 0.114. The predicted octanol–water partition coefficient (Wildman–Crippen LogP) is 3.73. The molecule has 0 unspecified atom stereocenters. The zero-order valence-electron chi connectivity index (χ0n) is 16.8. The molecule has 3 aromatic rings. The number of hydrogen-bond acceptors (Lipinski definition) is 3. The van der Waals surface area contributed by atoms with E-state index < -0.39 is 39.6 Å². The van der Waals surface area contributed by atoms with Gasteiger partial charge < -0.3 is 5.32 Å². The first-order valence-corrected chi connectivity index (χ1v) is 11.1. The second kappa shape index (κ2) is 9.80. The van der Waals surface area contributed by atoms with E-state index in [1.54, 1.807) is 43.3 Å². The highest BCUT2D eigenvalue weighted by atomic mass is 32.2. The van der Waals surface area contributed by atoms with Crippen molar-refractivity contribution in [3.63, 3.8) is 0 Å². The summed E-state index contributed by atoms with van der Waals surface area (Å²) in [5, 5.41) is 2.77. The molecule has 3 rings (SSSR count). The molecule has 0 aliphatic carbocycles. The normalized spacial score (nSPS) is 13.4. The van der Waals surface area contributed by atoms with Gasteiger partial charge in [0.25, 0.3) is 0 Å². The van der Waals surface area contributed by atoms with Gasteiger partial charge in [0.2, 0.25) is 15.9 Å². The van der Waals surface area contributed by atoms with Crippen molar-refractivity contribution in [2.24, 2.45) is 0 Å². The number of benzene rings is 3. The summed E-state index contributed by atoms with van der Waals surface area (Å²) in [6.45, 7) is 1.72. The molecule has 0 aliphatic heterocycles. The van der Waals surface area contributed by atoms with E-state index in [2.05, 4.69) is 10.0 Å². The topological polar surface area (TPSA) is 75.3 Å². The standard InChI is InChI=1S/C23H22F2N2O3S/c1-16(18-7-9-19(24)10-8-18)26-23(28)22(15-17-5-3-2-4-6-17)27-31(29,30)21-13-11-20(25)12-14-21/h2-14,16,22,27H,15H2,1H3,(H,26,28)/t16-,22-/m0/s1. The fourth-order valence-corrected chi connectivity index (χ4v) is 4.25. The number of nitrogens with one attached hydrogen (secondary N) is 2. The van der Waals surface area contributed by atoms with Crippen LogP contribution >= 0.6 is 0 Å². The number of sulfonamides is 1. The van der Waals surface area contributed by atoms with E-state index in [0.29, 0.717) is 5.56 Å². The Hall–Kier alpha value is -3.10. The number of hydrogen-bond donors (Lipinski definition) is 2. The molecule has 0 saturated carbocycles. The molecule has 0 aromatic heterocycles. The van der Waals surface area contributed by atoms with Crippen LogP contribution in [-0.4, -0.2) is 20.4 Å². The first kappa shape index (κ1) is 22.6. The van der Waals surface area contributed by atoms with Crippen molar-refractivity contribution in [3.05, 3.63) is 102 Å². The molecule has 1 amide bonds. The van der Waals surface area contributed by atoms with Crippen LogP contribution in [0.2, 0.25) is 0 Å². The summed E-state index contributed by atoms with van der Waals surface area (Å²) in [5.41, 5.74) is 1.44. The van der Waals surface area contributed by atoms with Crippen molar-refractivity contribution < 1.29 is 22.0 Å². The van der Waals surface area contributed by atoms with Crippen molar-refractivity contribution in [2.45, 2.75) is 30.3 Å². The summed E-state index contributed by atoms with van der Waals surface area (Å²) >= 11 is 0. The summed E-state index contributed by atoms with van der Waals surface area (Å²) in [7, 11) is -4.07. The van der Waals surface area contributed by atoms with E-state index in [1.807, 2.05) is 6.07 Å². The van der Waals surface area contributed by atoms with Crippen molar-refractivity contribution in [1.29, 1.82) is 0 Å². The zero-order chi connectivity index (χ0) is 22.4. The van der Waals surface area contributed by atoms with Gasteiger partial charge in [-0.1, -0.05) is 42.5 Å². The average molecular weight is 445 g/mol. The molecule has 31 heavy (non-hydrogen) atoms. The molecule has 8 heteroatoms. The Kier molecular flexibility index (Phi) is 7.14. The maximum absolute atomic E-state index is 13.2. The Bertz CT molecular complexity index is 1120. The first-order valence-electron chi connectivity index (χ1n) is 9.62. The highest BCUT2D eigenvalue weighted by molar-refractivity contribution is 7.89. The lowest BCUT2D eigenvalue weighted by atomic mass is 10.0. The third-order valence-electron chi connectivity index (χ3n) is 4.75. The Morgan fingerprint density at radius 2 is 1.42 bits per heavy atom. The van der Waals surface area contributed by atoms with Crippen LogP contribution in [0.25, 0.3) is 0 Å². The second-order valence-corrected chi connectivity index (χ2v) is 8.81. The average Bonchev–Trinajstić information content (AvgIpc) is 2.74. The van der Waals surface area contributed by atoms with Gasteiger partial charge in [0.1, 0.15) is 17.7 Å². The SMILES string of the molecule is C[C@H](NC(=O)[C@H](Cc1ccccc1)NS(=O)(=O)c1ccc(F)cc1)c1ccc(F)cc1. The maximum Gasteiger partial charge on any atom is 0.241 e. The van der Waals surface area contributed by atoms with Gasteiger partial charge in [-0.25, -0.2) is 17.2 Å². The van der Waals surface area contributed by atoms with Crippen LogP contribution in [-0.2, 0) is 21.2 Å². The van der Waals surface area contributed by atoms with E-state index in [0.717, 1.165) is 29.8 Å². The summed E-state index contributed by atoms with van der Waals surface area (Å²) in [5.74, 6) is -1.49. The second-order valence-electron chi connectivity index (χ2n) is 7.10. The molecule has 0 spiro atoms. The fraction of sp³-hybridized carbons (Fsp3) is 0.174.